The van der Waals surface area contributed by atoms with Crippen LogP contribution < -0.4 is 0 Å². The third-order valence-electron chi connectivity index (χ3n) is 1.19. The molecule has 0 aliphatic carbocycles. The Labute approximate surface area is 62.5 Å². The largest absolute Gasteiger partial charge is 0.501 e. The molecular weight excluding hydrogens is 128 g/mol. The highest BCUT2D eigenvalue weighted by atomic mass is 16.5. The van der Waals surface area contributed by atoms with Gasteiger partial charge >= 0.3 is 0 Å². The molecule has 60 valence electrons. The van der Waals surface area contributed by atoms with Crippen molar-refractivity contribution in [2.75, 3.05) is 13.7 Å². The van der Waals surface area contributed by atoms with Crippen molar-refractivity contribution in [3.05, 3.63) is 11.8 Å². The van der Waals surface area contributed by atoms with Crippen LogP contribution >= 0.6 is 0 Å². The molecule has 0 aliphatic heterocycles. The first-order chi connectivity index (χ1) is 4.70. The van der Waals surface area contributed by atoms with Crippen LogP contribution in [0.15, 0.2) is 11.8 Å². The lowest BCUT2D eigenvalue weighted by Crippen LogP contribution is -1.95. The van der Waals surface area contributed by atoms with Crippen LogP contribution in [-0.4, -0.2) is 18.8 Å². The summed E-state index contributed by atoms with van der Waals surface area (Å²) < 4.78 is 5.00. The molecule has 2 heteroatoms. The number of hydrogen-bond acceptors (Lipinski definition) is 2. The van der Waals surface area contributed by atoms with E-state index < -0.39 is 0 Å². The Bertz CT molecular complexity index is 106. The van der Waals surface area contributed by atoms with E-state index in [0.717, 1.165) is 12.2 Å². The Kier molecular flexibility index (Phi) is 5.03. The lowest BCUT2D eigenvalue weighted by atomic mass is 10.1. The highest BCUT2D eigenvalue weighted by Gasteiger charge is 1.98. The topological polar surface area (TPSA) is 29.5 Å². The number of methoxy groups -OCH3 is 1. The Morgan fingerprint density at radius 1 is 1.60 bits per heavy atom. The second-order valence-corrected chi connectivity index (χ2v) is 2.66. The van der Waals surface area contributed by atoms with Crippen molar-refractivity contribution in [1.29, 1.82) is 0 Å². The van der Waals surface area contributed by atoms with Crippen molar-refractivity contribution < 1.29 is 9.84 Å². The van der Waals surface area contributed by atoms with Crippen LogP contribution in [0.25, 0.3) is 0 Å². The van der Waals surface area contributed by atoms with E-state index in [2.05, 4.69) is 13.8 Å². The van der Waals surface area contributed by atoms with Gasteiger partial charge in [0, 0.05) is 6.42 Å². The number of aliphatic hydroxyl groups is 1. The molecule has 0 aliphatic rings. The molecule has 0 rings (SSSR count). The third-order valence-corrected chi connectivity index (χ3v) is 1.19. The van der Waals surface area contributed by atoms with Crippen LogP contribution in [0.1, 0.15) is 20.3 Å². The van der Waals surface area contributed by atoms with Crippen LogP contribution in [0.2, 0.25) is 0 Å². The fourth-order valence-electron chi connectivity index (χ4n) is 0.754. The van der Waals surface area contributed by atoms with Crippen molar-refractivity contribution in [2.24, 2.45) is 5.92 Å². The molecule has 0 amide bonds. The summed E-state index contributed by atoms with van der Waals surface area (Å²) in [7, 11) is 1.63. The van der Waals surface area contributed by atoms with Gasteiger partial charge in [0.1, 0.15) is 0 Å². The monoisotopic (exact) mass is 144 g/mol. The zero-order valence-corrected chi connectivity index (χ0v) is 6.92. The van der Waals surface area contributed by atoms with Crippen LogP contribution in [0, 0.1) is 5.92 Å². The molecule has 10 heavy (non-hydrogen) atoms. The van der Waals surface area contributed by atoms with Crippen molar-refractivity contribution in [2.45, 2.75) is 20.3 Å². The normalized spacial score (nSPS) is 12.3. The summed E-state index contributed by atoms with van der Waals surface area (Å²) in [5.74, 6) is 1.45. The summed E-state index contributed by atoms with van der Waals surface area (Å²) >= 11 is 0. The minimum Gasteiger partial charge on any atom is -0.501 e. The first kappa shape index (κ1) is 9.50. The van der Waals surface area contributed by atoms with Gasteiger partial charge in [0.25, 0.3) is 0 Å². The zero-order valence-electron chi connectivity index (χ0n) is 6.92. The van der Waals surface area contributed by atoms with Crippen molar-refractivity contribution >= 4 is 0 Å². The molecule has 0 fully saturated rings. The third kappa shape index (κ3) is 4.39. The average molecular weight is 144 g/mol. The van der Waals surface area contributed by atoms with Gasteiger partial charge in [-0.1, -0.05) is 13.8 Å². The van der Waals surface area contributed by atoms with Gasteiger partial charge in [-0.3, -0.25) is 0 Å². The van der Waals surface area contributed by atoms with Crippen LogP contribution in [0.4, 0.5) is 0 Å². The minimum atomic E-state index is 0.0654. The maximum absolute atomic E-state index is 8.52. The van der Waals surface area contributed by atoms with Gasteiger partial charge in [-0.2, -0.15) is 0 Å². The number of allylic oxidation sites excluding steroid dienone is 1. The van der Waals surface area contributed by atoms with Gasteiger partial charge in [-0.05, 0) is 12.0 Å². The maximum atomic E-state index is 8.52. The van der Waals surface area contributed by atoms with E-state index in [1.165, 1.54) is 0 Å². The Morgan fingerprint density at radius 3 is 2.50 bits per heavy atom. The van der Waals surface area contributed by atoms with E-state index in [1.54, 1.807) is 13.2 Å². The lowest BCUT2D eigenvalue weighted by Gasteiger charge is -2.07. The smallest absolute Gasteiger partial charge is 0.0941 e. The van der Waals surface area contributed by atoms with Gasteiger partial charge < -0.3 is 9.84 Å². The summed E-state index contributed by atoms with van der Waals surface area (Å²) in [6.07, 6.45) is 2.59. The summed E-state index contributed by atoms with van der Waals surface area (Å²) in [6, 6.07) is 0. The SMILES string of the molecule is CO/C(=C\CO)CC(C)C. The molecule has 0 saturated heterocycles. The molecule has 0 spiro atoms. The zero-order chi connectivity index (χ0) is 7.98. The van der Waals surface area contributed by atoms with Crippen LogP contribution in [-0.2, 0) is 4.74 Å². The van der Waals surface area contributed by atoms with Gasteiger partial charge in [0.15, 0.2) is 0 Å². The molecule has 0 aromatic carbocycles. The lowest BCUT2D eigenvalue weighted by molar-refractivity contribution is 0.255. The fraction of sp³-hybridized carbons (Fsp3) is 0.750. The van der Waals surface area contributed by atoms with E-state index in [4.69, 9.17) is 9.84 Å². The van der Waals surface area contributed by atoms with Crippen molar-refractivity contribution in [1.82, 2.24) is 0 Å². The van der Waals surface area contributed by atoms with Gasteiger partial charge in [-0.25, -0.2) is 0 Å². The minimum absolute atomic E-state index is 0.0654. The molecule has 2 nitrogen and oxygen atoms in total. The molecule has 1 N–H and O–H groups in total. The molecule has 0 bridgehead atoms. The summed E-state index contributed by atoms with van der Waals surface area (Å²) in [4.78, 5) is 0. The molecule has 0 saturated carbocycles. The van der Waals surface area contributed by atoms with E-state index >= 15 is 0 Å². The van der Waals surface area contributed by atoms with Crippen molar-refractivity contribution in [3.8, 4) is 0 Å². The van der Waals surface area contributed by atoms with Crippen LogP contribution in [0.5, 0.6) is 0 Å². The molecule has 0 radical (unpaired) electrons. The standard InChI is InChI=1S/C8H16O2/c1-7(2)6-8(10-3)4-5-9/h4,7,9H,5-6H2,1-3H3/b8-4-. The predicted molar refractivity (Wildman–Crippen MR) is 41.6 cm³/mol. The Balaban J connectivity index is 3.71. The number of rotatable bonds is 4. The summed E-state index contributed by atoms with van der Waals surface area (Å²) in [5.41, 5.74) is 0. The highest BCUT2D eigenvalue weighted by molar-refractivity contribution is 4.93. The quantitative estimate of drug-likeness (QED) is 0.607. The van der Waals surface area contributed by atoms with Gasteiger partial charge in [-0.15, -0.1) is 0 Å². The number of aliphatic hydroxyl groups excluding tert-OH is 1. The molecule has 0 unspecified atom stereocenters. The predicted octanol–water partition coefficient (Wildman–Crippen LogP) is 1.56. The van der Waals surface area contributed by atoms with E-state index in [-0.39, 0.29) is 6.61 Å². The van der Waals surface area contributed by atoms with E-state index in [0.29, 0.717) is 5.92 Å². The first-order valence-corrected chi connectivity index (χ1v) is 3.54. The van der Waals surface area contributed by atoms with Crippen LogP contribution in [0.3, 0.4) is 0 Å². The number of ether oxygens (including phenoxy) is 1. The highest BCUT2D eigenvalue weighted by Crippen LogP contribution is 2.09. The molecular formula is C8H16O2. The molecule has 0 aromatic heterocycles. The van der Waals surface area contributed by atoms with Gasteiger partial charge in [0.2, 0.25) is 0 Å². The molecule has 0 heterocycles. The molecule has 0 atom stereocenters. The second-order valence-electron chi connectivity index (χ2n) is 2.66. The summed E-state index contributed by atoms with van der Waals surface area (Å²) in [5, 5.41) is 8.52. The molecule has 0 aromatic rings. The summed E-state index contributed by atoms with van der Waals surface area (Å²) in [6.45, 7) is 4.30. The van der Waals surface area contributed by atoms with Crippen molar-refractivity contribution in [3.63, 3.8) is 0 Å². The first-order valence-electron chi connectivity index (χ1n) is 3.54. The fourth-order valence-corrected chi connectivity index (χ4v) is 0.754. The van der Waals surface area contributed by atoms with Gasteiger partial charge in [0.05, 0.1) is 19.5 Å². The maximum Gasteiger partial charge on any atom is 0.0941 e. The Hall–Kier alpha value is -0.500. The Morgan fingerprint density at radius 2 is 2.20 bits per heavy atom. The average Bonchev–Trinajstić information content (AvgIpc) is 1.86. The number of hydrogen-bond donors (Lipinski definition) is 1. The van der Waals surface area contributed by atoms with E-state index in [9.17, 15) is 0 Å². The second kappa shape index (κ2) is 5.30. The van der Waals surface area contributed by atoms with E-state index in [1.807, 2.05) is 0 Å².